The average Bonchev–Trinajstić information content (AvgIpc) is 2.75. The van der Waals surface area contributed by atoms with Crippen LogP contribution >= 0.6 is 0 Å². The van der Waals surface area contributed by atoms with Crippen LogP contribution in [0.4, 0.5) is 0 Å². The third-order valence-corrected chi connectivity index (χ3v) is 2.81. The van der Waals surface area contributed by atoms with Crippen molar-refractivity contribution in [2.45, 2.75) is 45.7 Å². The van der Waals surface area contributed by atoms with E-state index in [4.69, 9.17) is 4.74 Å². The molecule has 0 saturated heterocycles. The van der Waals surface area contributed by atoms with Crippen LogP contribution in [0.15, 0.2) is 12.3 Å². The van der Waals surface area contributed by atoms with Gasteiger partial charge in [-0.05, 0) is 32.9 Å². The number of likely N-dealkylation sites (N-methyl/N-ethyl adjacent to an activating group) is 1. The van der Waals surface area contributed by atoms with E-state index < -0.39 is 0 Å². The number of hydrogen-bond acceptors (Lipinski definition) is 3. The fourth-order valence-electron chi connectivity index (χ4n) is 1.85. The summed E-state index contributed by atoms with van der Waals surface area (Å²) in [7, 11) is 1.75. The molecule has 0 saturated carbocycles. The normalized spacial score (nSPS) is 13.2. The van der Waals surface area contributed by atoms with E-state index >= 15 is 0 Å². The van der Waals surface area contributed by atoms with Crippen molar-refractivity contribution in [2.24, 2.45) is 0 Å². The van der Waals surface area contributed by atoms with Crippen molar-refractivity contribution in [1.82, 2.24) is 15.1 Å². The molecule has 0 aliphatic carbocycles. The third-order valence-electron chi connectivity index (χ3n) is 2.81. The Kier molecular flexibility index (Phi) is 6.22. The number of nitrogens with zero attached hydrogens (tertiary/aromatic N) is 2. The van der Waals surface area contributed by atoms with Gasteiger partial charge in [0.05, 0.1) is 5.69 Å². The van der Waals surface area contributed by atoms with E-state index in [2.05, 4.69) is 43.4 Å². The lowest BCUT2D eigenvalue weighted by molar-refractivity contribution is 0.182. The topological polar surface area (TPSA) is 39.1 Å². The maximum absolute atomic E-state index is 5.13. The summed E-state index contributed by atoms with van der Waals surface area (Å²) in [4.78, 5) is 0. The molecule has 0 fully saturated rings. The summed E-state index contributed by atoms with van der Waals surface area (Å²) in [5.41, 5.74) is 1.15. The highest BCUT2D eigenvalue weighted by molar-refractivity contribution is 5.02. The van der Waals surface area contributed by atoms with Crippen LogP contribution in [-0.2, 0) is 11.2 Å². The van der Waals surface area contributed by atoms with Crippen LogP contribution in [0.25, 0.3) is 0 Å². The molecule has 1 unspecified atom stereocenters. The monoisotopic (exact) mass is 239 g/mol. The van der Waals surface area contributed by atoms with Crippen LogP contribution < -0.4 is 5.32 Å². The Balaban J connectivity index is 2.52. The van der Waals surface area contributed by atoms with E-state index in [1.807, 2.05) is 4.68 Å². The standard InChI is InChI=1S/C13H25N3O/c1-5-14-12(7-9-17-4)10-13-6-8-16(15-13)11(2)3/h6,8,11-12,14H,5,7,9-10H2,1-4H3. The molecular formula is C13H25N3O. The smallest absolute Gasteiger partial charge is 0.0640 e. The molecule has 1 N–H and O–H groups in total. The molecule has 17 heavy (non-hydrogen) atoms. The van der Waals surface area contributed by atoms with Gasteiger partial charge >= 0.3 is 0 Å². The van der Waals surface area contributed by atoms with Crippen molar-refractivity contribution in [1.29, 1.82) is 0 Å². The number of rotatable bonds is 8. The first-order chi connectivity index (χ1) is 8.17. The summed E-state index contributed by atoms with van der Waals surface area (Å²) < 4.78 is 7.14. The summed E-state index contributed by atoms with van der Waals surface area (Å²) in [6.07, 6.45) is 4.05. The van der Waals surface area contributed by atoms with Gasteiger partial charge in [-0.2, -0.15) is 5.10 Å². The SMILES string of the molecule is CCNC(CCOC)Cc1ccn(C(C)C)n1. The summed E-state index contributed by atoms with van der Waals surface area (Å²) in [6.45, 7) is 8.20. The minimum Gasteiger partial charge on any atom is -0.385 e. The second kappa shape index (κ2) is 7.45. The van der Waals surface area contributed by atoms with Crippen molar-refractivity contribution >= 4 is 0 Å². The number of nitrogens with one attached hydrogen (secondary N) is 1. The molecule has 1 heterocycles. The van der Waals surface area contributed by atoms with Crippen molar-refractivity contribution in [3.05, 3.63) is 18.0 Å². The lowest BCUT2D eigenvalue weighted by Gasteiger charge is -2.16. The first-order valence-corrected chi connectivity index (χ1v) is 6.43. The Hall–Kier alpha value is -0.870. The molecule has 98 valence electrons. The molecule has 0 spiro atoms. The van der Waals surface area contributed by atoms with E-state index in [0.29, 0.717) is 12.1 Å². The van der Waals surface area contributed by atoms with Crippen LogP contribution in [0.2, 0.25) is 0 Å². The lowest BCUT2D eigenvalue weighted by atomic mass is 10.1. The minimum absolute atomic E-state index is 0.431. The maximum Gasteiger partial charge on any atom is 0.0640 e. The van der Waals surface area contributed by atoms with Gasteiger partial charge < -0.3 is 10.1 Å². The van der Waals surface area contributed by atoms with Crippen LogP contribution in [0.1, 0.15) is 38.9 Å². The van der Waals surface area contributed by atoms with Crippen LogP contribution in [-0.4, -0.2) is 36.1 Å². The molecular weight excluding hydrogens is 214 g/mol. The van der Waals surface area contributed by atoms with Crippen molar-refractivity contribution in [3.8, 4) is 0 Å². The predicted molar refractivity (Wildman–Crippen MR) is 70.3 cm³/mol. The fraction of sp³-hybridized carbons (Fsp3) is 0.769. The van der Waals surface area contributed by atoms with Gasteiger partial charge in [-0.1, -0.05) is 6.92 Å². The number of hydrogen-bond donors (Lipinski definition) is 1. The molecule has 1 aromatic heterocycles. The van der Waals surface area contributed by atoms with E-state index in [-0.39, 0.29) is 0 Å². The van der Waals surface area contributed by atoms with E-state index in [1.165, 1.54) is 0 Å². The van der Waals surface area contributed by atoms with Gasteiger partial charge in [0, 0.05) is 38.4 Å². The number of ether oxygens (including phenoxy) is 1. The molecule has 1 aromatic rings. The van der Waals surface area contributed by atoms with Gasteiger partial charge in [-0.3, -0.25) is 4.68 Å². The molecule has 0 amide bonds. The second-order valence-corrected chi connectivity index (χ2v) is 4.62. The van der Waals surface area contributed by atoms with Crippen LogP contribution in [0.3, 0.4) is 0 Å². The largest absolute Gasteiger partial charge is 0.385 e. The zero-order valence-electron chi connectivity index (χ0n) is 11.4. The lowest BCUT2D eigenvalue weighted by Crippen LogP contribution is -2.32. The molecule has 0 aliphatic rings. The zero-order valence-corrected chi connectivity index (χ0v) is 11.4. The highest BCUT2D eigenvalue weighted by Gasteiger charge is 2.10. The molecule has 4 heteroatoms. The first kappa shape index (κ1) is 14.2. The molecule has 0 aromatic carbocycles. The molecule has 1 atom stereocenters. The zero-order chi connectivity index (χ0) is 12.7. The predicted octanol–water partition coefficient (Wildman–Crippen LogP) is 2.02. The maximum atomic E-state index is 5.13. The van der Waals surface area contributed by atoms with E-state index in [0.717, 1.165) is 31.7 Å². The van der Waals surface area contributed by atoms with Crippen molar-refractivity contribution in [3.63, 3.8) is 0 Å². The quantitative estimate of drug-likeness (QED) is 0.754. The number of aromatic nitrogens is 2. The Morgan fingerprint density at radius 1 is 1.47 bits per heavy atom. The Bertz CT molecular complexity index is 309. The third kappa shape index (κ3) is 4.88. The fourth-order valence-corrected chi connectivity index (χ4v) is 1.85. The molecule has 0 aliphatic heterocycles. The van der Waals surface area contributed by atoms with Crippen LogP contribution in [0.5, 0.6) is 0 Å². The molecule has 0 radical (unpaired) electrons. The van der Waals surface area contributed by atoms with Gasteiger partial charge in [-0.15, -0.1) is 0 Å². The highest BCUT2D eigenvalue weighted by atomic mass is 16.5. The van der Waals surface area contributed by atoms with Crippen molar-refractivity contribution < 1.29 is 4.74 Å². The summed E-state index contributed by atoms with van der Waals surface area (Å²) in [5, 5.41) is 8.05. The van der Waals surface area contributed by atoms with Gasteiger partial charge in [0.2, 0.25) is 0 Å². The van der Waals surface area contributed by atoms with Crippen molar-refractivity contribution in [2.75, 3.05) is 20.3 Å². The summed E-state index contributed by atoms with van der Waals surface area (Å²) in [6, 6.07) is 2.99. The Morgan fingerprint density at radius 3 is 2.76 bits per heavy atom. The van der Waals surface area contributed by atoms with E-state index in [1.54, 1.807) is 7.11 Å². The average molecular weight is 239 g/mol. The van der Waals surface area contributed by atoms with Crippen LogP contribution in [0, 0.1) is 0 Å². The van der Waals surface area contributed by atoms with Gasteiger partial charge in [0.1, 0.15) is 0 Å². The summed E-state index contributed by atoms with van der Waals surface area (Å²) >= 11 is 0. The van der Waals surface area contributed by atoms with Gasteiger partial charge in [0.25, 0.3) is 0 Å². The molecule has 4 nitrogen and oxygen atoms in total. The van der Waals surface area contributed by atoms with Gasteiger partial charge in [0.15, 0.2) is 0 Å². The molecule has 0 bridgehead atoms. The van der Waals surface area contributed by atoms with Gasteiger partial charge in [-0.25, -0.2) is 0 Å². The molecule has 1 rings (SSSR count). The second-order valence-electron chi connectivity index (χ2n) is 4.62. The number of methoxy groups -OCH3 is 1. The highest BCUT2D eigenvalue weighted by Crippen LogP contribution is 2.08. The Morgan fingerprint density at radius 2 is 2.24 bits per heavy atom. The van der Waals surface area contributed by atoms with E-state index in [9.17, 15) is 0 Å². The first-order valence-electron chi connectivity index (χ1n) is 6.43. The Labute approximate surface area is 104 Å². The minimum atomic E-state index is 0.431. The summed E-state index contributed by atoms with van der Waals surface area (Å²) in [5.74, 6) is 0.